The van der Waals surface area contributed by atoms with Gasteiger partial charge in [-0.15, -0.1) is 0 Å². The lowest BCUT2D eigenvalue weighted by Gasteiger charge is -2.58. The second-order valence-electron chi connectivity index (χ2n) is 8.41. The number of hydrogen-bond acceptors (Lipinski definition) is 5. The van der Waals surface area contributed by atoms with Crippen LogP contribution in [0.2, 0.25) is 5.02 Å². The molecule has 2 unspecified atom stereocenters. The molecule has 28 heavy (non-hydrogen) atoms. The molecule has 4 fully saturated rings. The standard InChI is InChI=1S/C19H23ClFNO5S/c1-26-19-7-10-3-11(8-19)17(12(4-10)9-19)27-16-6-15(21)13(5-14(16)20)18(23)22-28(2,24)25/h5-6,10-12,17H,3-4,7-9H2,1-2H3,(H,22,23)/t10?,11?,12?,17-,19+. The van der Waals surface area contributed by atoms with Gasteiger partial charge in [0.2, 0.25) is 10.0 Å². The zero-order valence-corrected chi connectivity index (χ0v) is 17.3. The van der Waals surface area contributed by atoms with Gasteiger partial charge in [-0.3, -0.25) is 4.79 Å². The fourth-order valence-corrected chi connectivity index (χ4v) is 6.16. The number of sulfonamides is 1. The summed E-state index contributed by atoms with van der Waals surface area (Å²) >= 11 is 6.24. The van der Waals surface area contributed by atoms with Gasteiger partial charge in [0, 0.05) is 13.2 Å². The molecule has 4 aliphatic rings. The highest BCUT2D eigenvalue weighted by molar-refractivity contribution is 7.89. The highest BCUT2D eigenvalue weighted by Gasteiger charge is 2.56. The second-order valence-corrected chi connectivity index (χ2v) is 10.6. The van der Waals surface area contributed by atoms with Crippen molar-refractivity contribution in [3.63, 3.8) is 0 Å². The van der Waals surface area contributed by atoms with Crippen LogP contribution in [0.3, 0.4) is 0 Å². The number of ether oxygens (including phenoxy) is 2. The smallest absolute Gasteiger partial charge is 0.267 e. The molecule has 0 aromatic heterocycles. The second kappa shape index (κ2) is 6.85. The average molecular weight is 432 g/mol. The van der Waals surface area contributed by atoms with Crippen molar-refractivity contribution in [2.24, 2.45) is 17.8 Å². The molecule has 5 rings (SSSR count). The third kappa shape index (κ3) is 3.62. The summed E-state index contributed by atoms with van der Waals surface area (Å²) < 4.78 is 50.6. The molecule has 0 heterocycles. The minimum atomic E-state index is -3.81. The number of benzene rings is 1. The molecule has 0 radical (unpaired) electrons. The van der Waals surface area contributed by atoms with E-state index in [1.54, 1.807) is 11.8 Å². The van der Waals surface area contributed by atoms with E-state index in [1.807, 2.05) is 0 Å². The molecule has 1 N–H and O–H groups in total. The summed E-state index contributed by atoms with van der Waals surface area (Å²) in [5, 5.41) is 0.0790. The quantitative estimate of drug-likeness (QED) is 0.774. The van der Waals surface area contributed by atoms with Crippen molar-refractivity contribution in [2.45, 2.75) is 43.8 Å². The Morgan fingerprint density at radius 1 is 1.25 bits per heavy atom. The van der Waals surface area contributed by atoms with E-state index < -0.39 is 27.3 Å². The molecule has 4 aliphatic carbocycles. The van der Waals surface area contributed by atoms with Gasteiger partial charge in [0.15, 0.2) is 0 Å². The Morgan fingerprint density at radius 2 is 1.89 bits per heavy atom. The summed E-state index contributed by atoms with van der Waals surface area (Å²) in [6.07, 6.45) is 5.85. The van der Waals surface area contributed by atoms with E-state index in [-0.39, 0.29) is 22.5 Å². The molecule has 0 aliphatic heterocycles. The summed E-state index contributed by atoms with van der Waals surface area (Å²) in [5.41, 5.74) is -0.495. The van der Waals surface area contributed by atoms with Crippen molar-refractivity contribution >= 4 is 27.5 Å². The van der Waals surface area contributed by atoms with Crippen molar-refractivity contribution in [3.05, 3.63) is 28.5 Å². The van der Waals surface area contributed by atoms with Gasteiger partial charge in [-0.2, -0.15) is 0 Å². The minimum absolute atomic E-state index is 0.0566. The van der Waals surface area contributed by atoms with Gasteiger partial charge < -0.3 is 9.47 Å². The number of nitrogens with one attached hydrogen (secondary N) is 1. The van der Waals surface area contributed by atoms with Crippen LogP contribution in [0.4, 0.5) is 4.39 Å². The molecule has 0 spiro atoms. The van der Waals surface area contributed by atoms with Crippen LogP contribution < -0.4 is 9.46 Å². The van der Waals surface area contributed by atoms with Gasteiger partial charge in [0.1, 0.15) is 17.7 Å². The summed E-state index contributed by atoms with van der Waals surface area (Å²) in [5.74, 6) is -0.453. The van der Waals surface area contributed by atoms with Gasteiger partial charge in [-0.05, 0) is 55.9 Å². The molecule has 0 saturated heterocycles. The first-order chi connectivity index (χ1) is 13.1. The van der Waals surface area contributed by atoms with Crippen LogP contribution in [0.5, 0.6) is 5.75 Å². The molecule has 2 atom stereocenters. The molecular formula is C19H23ClFNO5S. The fourth-order valence-electron chi connectivity index (χ4n) is 5.51. The van der Waals surface area contributed by atoms with E-state index in [0.717, 1.165) is 50.5 Å². The van der Waals surface area contributed by atoms with Crippen LogP contribution in [0.25, 0.3) is 0 Å². The summed E-state index contributed by atoms with van der Waals surface area (Å²) in [7, 11) is -2.03. The fraction of sp³-hybridized carbons (Fsp3) is 0.632. The molecule has 9 heteroatoms. The van der Waals surface area contributed by atoms with Gasteiger partial charge in [0.05, 0.1) is 22.4 Å². The zero-order valence-electron chi connectivity index (χ0n) is 15.7. The van der Waals surface area contributed by atoms with Crippen molar-refractivity contribution in [1.29, 1.82) is 0 Å². The van der Waals surface area contributed by atoms with Crippen LogP contribution >= 0.6 is 11.6 Å². The van der Waals surface area contributed by atoms with E-state index >= 15 is 0 Å². The molecule has 1 amide bonds. The lowest BCUT2D eigenvalue weighted by Crippen LogP contribution is -2.59. The van der Waals surface area contributed by atoms with E-state index in [2.05, 4.69) is 0 Å². The number of halogens is 2. The summed E-state index contributed by atoms with van der Waals surface area (Å²) in [4.78, 5) is 12.0. The Labute approximate surface area is 168 Å². The van der Waals surface area contributed by atoms with Crippen molar-refractivity contribution in [3.8, 4) is 5.75 Å². The largest absolute Gasteiger partial charge is 0.488 e. The van der Waals surface area contributed by atoms with Crippen LogP contribution in [-0.4, -0.2) is 39.4 Å². The van der Waals surface area contributed by atoms with E-state index in [0.29, 0.717) is 17.8 Å². The van der Waals surface area contributed by atoms with Crippen LogP contribution in [0, 0.1) is 23.6 Å². The highest BCUT2D eigenvalue weighted by Crippen LogP contribution is 2.58. The van der Waals surface area contributed by atoms with Crippen molar-refractivity contribution < 1.29 is 27.1 Å². The molecule has 1 aromatic carbocycles. The molecule has 4 bridgehead atoms. The normalized spacial score (nSPS) is 33.7. The minimum Gasteiger partial charge on any atom is -0.488 e. The van der Waals surface area contributed by atoms with Crippen LogP contribution in [0.1, 0.15) is 42.5 Å². The number of amides is 1. The van der Waals surface area contributed by atoms with Gasteiger partial charge in [-0.25, -0.2) is 17.5 Å². The van der Waals surface area contributed by atoms with Crippen molar-refractivity contribution in [2.75, 3.05) is 13.4 Å². The molecule has 6 nitrogen and oxygen atoms in total. The maximum absolute atomic E-state index is 14.5. The molecule has 1 aromatic rings. The van der Waals surface area contributed by atoms with Crippen LogP contribution in [-0.2, 0) is 14.8 Å². The van der Waals surface area contributed by atoms with E-state index in [1.165, 1.54) is 0 Å². The Morgan fingerprint density at radius 3 is 2.46 bits per heavy atom. The predicted molar refractivity (Wildman–Crippen MR) is 101 cm³/mol. The first-order valence-electron chi connectivity index (χ1n) is 9.32. The number of hydrogen-bond donors (Lipinski definition) is 1. The first kappa shape index (κ1) is 19.9. The SMILES string of the molecule is CO[C@]12CC3CC(C1)[C@H](Oc1cc(F)c(C(=O)NS(C)(=O)=O)cc1Cl)C(C3)C2. The van der Waals surface area contributed by atoms with E-state index in [4.69, 9.17) is 21.1 Å². The average Bonchev–Trinajstić information content (AvgIpc) is 2.58. The highest BCUT2D eigenvalue weighted by atomic mass is 35.5. The Balaban J connectivity index is 1.55. The lowest BCUT2D eigenvalue weighted by atomic mass is 9.53. The van der Waals surface area contributed by atoms with E-state index in [9.17, 15) is 17.6 Å². The Bertz CT molecular complexity index is 905. The maximum Gasteiger partial charge on any atom is 0.267 e. The number of carbonyl (C=O) groups is 1. The van der Waals surface area contributed by atoms with Gasteiger partial charge >= 0.3 is 0 Å². The Kier molecular flexibility index (Phi) is 4.87. The summed E-state index contributed by atoms with van der Waals surface area (Å²) in [6.45, 7) is 0. The van der Waals surface area contributed by atoms with Crippen molar-refractivity contribution in [1.82, 2.24) is 4.72 Å². The zero-order chi connectivity index (χ0) is 20.3. The first-order valence-corrected chi connectivity index (χ1v) is 11.6. The van der Waals surface area contributed by atoms with Gasteiger partial charge in [0.25, 0.3) is 5.91 Å². The van der Waals surface area contributed by atoms with Crippen LogP contribution in [0.15, 0.2) is 12.1 Å². The maximum atomic E-state index is 14.5. The third-order valence-corrected chi connectivity index (χ3v) is 7.22. The number of carbonyl (C=O) groups excluding carboxylic acids is 1. The molecular weight excluding hydrogens is 409 g/mol. The topological polar surface area (TPSA) is 81.7 Å². The lowest BCUT2D eigenvalue weighted by molar-refractivity contribution is -0.182. The molecule has 4 saturated carbocycles. The summed E-state index contributed by atoms with van der Waals surface area (Å²) in [6, 6.07) is 2.18. The number of rotatable bonds is 5. The van der Waals surface area contributed by atoms with Gasteiger partial charge in [-0.1, -0.05) is 11.6 Å². The number of methoxy groups -OCH3 is 1. The third-order valence-electron chi connectivity index (χ3n) is 6.37. The predicted octanol–water partition coefficient (Wildman–Crippen LogP) is 3.14. The monoisotopic (exact) mass is 431 g/mol. The molecule has 154 valence electrons. The Hall–Kier alpha value is -1.38.